The maximum atomic E-state index is 12.6. The first-order chi connectivity index (χ1) is 14.0. The molecule has 0 unspecified atom stereocenters. The number of anilines is 1. The van der Waals surface area contributed by atoms with E-state index < -0.39 is 0 Å². The average Bonchev–Trinajstić information content (AvgIpc) is 2.73. The zero-order chi connectivity index (χ0) is 20.8. The van der Waals surface area contributed by atoms with Crippen LogP contribution in [0, 0.1) is 0 Å². The van der Waals surface area contributed by atoms with Crippen LogP contribution in [0.2, 0.25) is 5.02 Å². The Labute approximate surface area is 177 Å². The van der Waals surface area contributed by atoms with E-state index >= 15 is 0 Å². The molecule has 0 saturated carbocycles. The summed E-state index contributed by atoms with van der Waals surface area (Å²) in [5, 5.41) is 3.56. The van der Waals surface area contributed by atoms with E-state index in [4.69, 9.17) is 21.1 Å². The molecule has 29 heavy (non-hydrogen) atoms. The van der Waals surface area contributed by atoms with Gasteiger partial charge >= 0.3 is 0 Å². The molecule has 1 saturated heterocycles. The van der Waals surface area contributed by atoms with E-state index in [0.717, 1.165) is 55.5 Å². The Morgan fingerprint density at radius 1 is 1.10 bits per heavy atom. The van der Waals surface area contributed by atoms with Gasteiger partial charge in [-0.25, -0.2) is 0 Å². The minimum Gasteiger partial charge on any atom is -0.497 e. The molecule has 1 heterocycles. The van der Waals surface area contributed by atoms with Gasteiger partial charge in [-0.05, 0) is 43.3 Å². The molecule has 0 aliphatic carbocycles. The normalized spacial score (nSPS) is 16.3. The first kappa shape index (κ1) is 21.4. The number of halogens is 1. The lowest BCUT2D eigenvalue weighted by Gasteiger charge is -2.37. The molecule has 0 aromatic heterocycles. The summed E-state index contributed by atoms with van der Waals surface area (Å²) in [5.41, 5.74) is 1.82. The van der Waals surface area contributed by atoms with Crippen LogP contribution in [0.3, 0.4) is 0 Å². The van der Waals surface area contributed by atoms with E-state index in [1.807, 2.05) is 37.3 Å². The highest BCUT2D eigenvalue weighted by molar-refractivity contribution is 6.30. The number of nitrogens with zero attached hydrogens (tertiary/aromatic N) is 2. The number of rotatable bonds is 7. The van der Waals surface area contributed by atoms with Gasteiger partial charge in [0.2, 0.25) is 5.91 Å². The second-order valence-electron chi connectivity index (χ2n) is 7.17. The van der Waals surface area contributed by atoms with Gasteiger partial charge in [-0.3, -0.25) is 14.6 Å². The number of nitrogens with one attached hydrogen (secondary N) is 1. The Kier molecular flexibility index (Phi) is 7.36. The molecule has 1 atom stereocenters. The third kappa shape index (κ3) is 5.63. The molecule has 1 amide bonds. The van der Waals surface area contributed by atoms with E-state index in [1.165, 1.54) is 0 Å². The van der Waals surface area contributed by atoms with Crippen molar-refractivity contribution in [3.8, 4) is 11.5 Å². The van der Waals surface area contributed by atoms with Crippen LogP contribution in [0.4, 0.5) is 5.69 Å². The number of benzene rings is 2. The number of hydrogen-bond acceptors (Lipinski definition) is 5. The minimum atomic E-state index is -0.206. The van der Waals surface area contributed by atoms with Crippen LogP contribution >= 0.6 is 11.6 Å². The molecule has 3 rings (SSSR count). The number of ether oxygens (including phenoxy) is 2. The lowest BCUT2D eigenvalue weighted by molar-refractivity contribution is -0.121. The predicted molar refractivity (Wildman–Crippen MR) is 116 cm³/mol. The number of methoxy groups -OCH3 is 2. The highest BCUT2D eigenvalue weighted by atomic mass is 35.5. The molecule has 0 bridgehead atoms. The number of amides is 1. The molecule has 2 aromatic rings. The van der Waals surface area contributed by atoms with Crippen LogP contribution < -0.4 is 14.8 Å². The van der Waals surface area contributed by atoms with Crippen molar-refractivity contribution in [1.29, 1.82) is 0 Å². The van der Waals surface area contributed by atoms with Gasteiger partial charge in [-0.15, -0.1) is 0 Å². The number of hydrogen-bond donors (Lipinski definition) is 1. The van der Waals surface area contributed by atoms with Crippen LogP contribution in [0.25, 0.3) is 0 Å². The van der Waals surface area contributed by atoms with Crippen molar-refractivity contribution < 1.29 is 14.3 Å². The molecule has 7 heteroatoms. The summed E-state index contributed by atoms with van der Waals surface area (Å²) in [6.45, 7) is 6.16. The van der Waals surface area contributed by atoms with Crippen molar-refractivity contribution in [3.05, 3.63) is 53.1 Å². The van der Waals surface area contributed by atoms with Crippen molar-refractivity contribution in [1.82, 2.24) is 9.80 Å². The number of carbonyl (C=O) groups is 1. The van der Waals surface area contributed by atoms with Crippen LogP contribution in [-0.4, -0.2) is 62.1 Å². The quantitative estimate of drug-likeness (QED) is 0.747. The van der Waals surface area contributed by atoms with E-state index in [0.29, 0.717) is 5.02 Å². The number of carbonyl (C=O) groups excluding carboxylic acids is 1. The maximum absolute atomic E-state index is 12.6. The monoisotopic (exact) mass is 417 g/mol. The summed E-state index contributed by atoms with van der Waals surface area (Å²) in [6.07, 6.45) is 0. The van der Waals surface area contributed by atoms with Crippen molar-refractivity contribution in [2.24, 2.45) is 0 Å². The van der Waals surface area contributed by atoms with Gasteiger partial charge in [0.1, 0.15) is 11.5 Å². The summed E-state index contributed by atoms with van der Waals surface area (Å²) in [6, 6.07) is 12.9. The fourth-order valence-corrected chi connectivity index (χ4v) is 3.72. The largest absolute Gasteiger partial charge is 0.497 e. The van der Waals surface area contributed by atoms with E-state index in [-0.39, 0.29) is 11.9 Å². The van der Waals surface area contributed by atoms with Crippen LogP contribution in [0.15, 0.2) is 42.5 Å². The fraction of sp³-hybridized carbons (Fsp3) is 0.409. The number of piperazine rings is 1. The van der Waals surface area contributed by atoms with Crippen molar-refractivity contribution in [2.45, 2.75) is 19.5 Å². The first-order valence-corrected chi connectivity index (χ1v) is 10.1. The van der Waals surface area contributed by atoms with Crippen LogP contribution in [0.1, 0.15) is 12.5 Å². The van der Waals surface area contributed by atoms with Gasteiger partial charge in [0, 0.05) is 49.0 Å². The summed E-state index contributed by atoms with van der Waals surface area (Å²) >= 11 is 6.00. The lowest BCUT2D eigenvalue weighted by Crippen LogP contribution is -2.52. The zero-order valence-corrected chi connectivity index (χ0v) is 17.9. The Morgan fingerprint density at radius 2 is 1.86 bits per heavy atom. The minimum absolute atomic E-state index is 0.0184. The topological polar surface area (TPSA) is 54.0 Å². The highest BCUT2D eigenvalue weighted by Crippen LogP contribution is 2.26. The molecular weight excluding hydrogens is 390 g/mol. The summed E-state index contributed by atoms with van der Waals surface area (Å²) < 4.78 is 10.8. The van der Waals surface area contributed by atoms with Crippen molar-refractivity contribution in [2.75, 3.05) is 45.7 Å². The molecule has 1 fully saturated rings. The molecule has 1 aliphatic heterocycles. The average molecular weight is 418 g/mol. The molecule has 0 radical (unpaired) electrons. The summed E-state index contributed by atoms with van der Waals surface area (Å²) in [7, 11) is 3.35. The highest BCUT2D eigenvalue weighted by Gasteiger charge is 2.26. The van der Waals surface area contributed by atoms with E-state index in [9.17, 15) is 4.79 Å². The van der Waals surface area contributed by atoms with Crippen molar-refractivity contribution in [3.63, 3.8) is 0 Å². The third-order valence-corrected chi connectivity index (χ3v) is 5.54. The Hall–Kier alpha value is -2.28. The van der Waals surface area contributed by atoms with E-state index in [1.54, 1.807) is 26.4 Å². The summed E-state index contributed by atoms with van der Waals surface area (Å²) in [4.78, 5) is 17.2. The fourth-order valence-electron chi connectivity index (χ4n) is 3.53. The van der Waals surface area contributed by atoms with Gasteiger partial charge in [-0.2, -0.15) is 0 Å². The smallest absolute Gasteiger partial charge is 0.241 e. The Balaban J connectivity index is 1.54. The summed E-state index contributed by atoms with van der Waals surface area (Å²) in [5.74, 6) is 1.67. The Bertz CT molecular complexity index is 838. The first-order valence-electron chi connectivity index (χ1n) is 9.74. The SMILES string of the molecule is COc1ccc(OC)c(CN2CCN([C@@H](C)C(=O)Nc3cccc(Cl)c3)CC2)c1. The molecular formula is C22H28ClN3O3. The molecule has 1 N–H and O–H groups in total. The second-order valence-corrected chi connectivity index (χ2v) is 7.60. The lowest BCUT2D eigenvalue weighted by atomic mass is 10.1. The van der Waals surface area contributed by atoms with Crippen molar-refractivity contribution >= 4 is 23.2 Å². The van der Waals surface area contributed by atoms with Gasteiger partial charge in [0.15, 0.2) is 0 Å². The van der Waals surface area contributed by atoms with E-state index in [2.05, 4.69) is 15.1 Å². The molecule has 6 nitrogen and oxygen atoms in total. The molecule has 1 aliphatic rings. The second kappa shape index (κ2) is 9.96. The predicted octanol–water partition coefficient (Wildman–Crippen LogP) is 3.50. The van der Waals surface area contributed by atoms with Gasteiger partial charge in [0.25, 0.3) is 0 Å². The standard InChI is InChI=1S/C22H28ClN3O3/c1-16(22(27)24-19-6-4-5-18(23)14-19)26-11-9-25(10-12-26)15-17-13-20(28-2)7-8-21(17)29-3/h4-8,13-14,16H,9-12,15H2,1-3H3,(H,24,27)/t16-/m0/s1. The maximum Gasteiger partial charge on any atom is 0.241 e. The Morgan fingerprint density at radius 3 is 2.52 bits per heavy atom. The zero-order valence-electron chi connectivity index (χ0n) is 17.2. The third-order valence-electron chi connectivity index (χ3n) is 5.31. The van der Waals surface area contributed by atoms with Crippen LogP contribution in [-0.2, 0) is 11.3 Å². The molecule has 2 aromatic carbocycles. The van der Waals surface area contributed by atoms with Gasteiger partial charge in [-0.1, -0.05) is 17.7 Å². The van der Waals surface area contributed by atoms with Gasteiger partial charge < -0.3 is 14.8 Å². The van der Waals surface area contributed by atoms with Crippen LogP contribution in [0.5, 0.6) is 11.5 Å². The van der Waals surface area contributed by atoms with Gasteiger partial charge in [0.05, 0.1) is 20.3 Å². The molecule has 0 spiro atoms. The molecule has 156 valence electrons.